The number of amides is 1. The van der Waals surface area contributed by atoms with Crippen molar-refractivity contribution < 1.29 is 14.3 Å². The van der Waals surface area contributed by atoms with Gasteiger partial charge in [0, 0.05) is 66.2 Å². The van der Waals surface area contributed by atoms with E-state index in [1.807, 2.05) is 37.4 Å². The van der Waals surface area contributed by atoms with Gasteiger partial charge in [-0.25, -0.2) is 9.97 Å². The molecule has 12 heteroatoms. The first-order valence-corrected chi connectivity index (χ1v) is 13.2. The molecule has 0 bridgehead atoms. The summed E-state index contributed by atoms with van der Waals surface area (Å²) in [5, 5.41) is 10.0. The number of hydrogen-bond acceptors (Lipinski definition) is 8. The molecule has 204 valence electrons. The van der Waals surface area contributed by atoms with Crippen LogP contribution in [0.25, 0.3) is 5.82 Å². The zero-order chi connectivity index (χ0) is 27.0. The molecule has 1 aliphatic heterocycles. The van der Waals surface area contributed by atoms with Gasteiger partial charge in [0.15, 0.2) is 6.23 Å². The van der Waals surface area contributed by atoms with Gasteiger partial charge < -0.3 is 25.1 Å². The third kappa shape index (κ3) is 7.21. The summed E-state index contributed by atoms with van der Waals surface area (Å²) in [6.45, 7) is 4.15. The number of H-pyrrole nitrogens is 1. The molecule has 0 saturated carbocycles. The van der Waals surface area contributed by atoms with Gasteiger partial charge in [0.25, 0.3) is 5.91 Å². The third-order valence-corrected chi connectivity index (χ3v) is 6.54. The molecule has 1 atom stereocenters. The number of nitrogens with zero attached hydrogens (tertiary/aromatic N) is 4. The molecule has 0 radical (unpaired) electrons. The van der Waals surface area contributed by atoms with Crippen LogP contribution < -0.4 is 16.0 Å². The average molecular weight is 551 g/mol. The predicted molar refractivity (Wildman–Crippen MR) is 147 cm³/mol. The third-order valence-electron chi connectivity index (χ3n) is 6.30. The summed E-state index contributed by atoms with van der Waals surface area (Å²) in [6, 6.07) is 11.3. The number of aromatic amines is 1. The van der Waals surface area contributed by atoms with Gasteiger partial charge >= 0.3 is 0 Å². The maximum Gasteiger partial charge on any atom is 0.273 e. The zero-order valence-corrected chi connectivity index (χ0v) is 22.3. The molecule has 0 aliphatic carbocycles. The van der Waals surface area contributed by atoms with E-state index < -0.39 is 12.1 Å². The van der Waals surface area contributed by atoms with Crippen molar-refractivity contribution in [2.75, 3.05) is 25.3 Å². The van der Waals surface area contributed by atoms with Crippen molar-refractivity contribution >= 4 is 23.5 Å². The molecule has 4 aromatic rings. The van der Waals surface area contributed by atoms with Gasteiger partial charge in [-0.05, 0) is 44.0 Å². The molecule has 5 rings (SSSR count). The SMILES string of the molecule is Cc1cnc(NC2CCOCC2)nc1-n1cnc(C(=O)NC(OCNCc2ccc[nH]2)c2cccc(Cl)c2)c1. The van der Waals surface area contributed by atoms with Crippen LogP contribution >= 0.6 is 11.6 Å². The molecule has 1 fully saturated rings. The van der Waals surface area contributed by atoms with Crippen LogP contribution in [0.4, 0.5) is 5.95 Å². The minimum Gasteiger partial charge on any atom is -0.381 e. The molecule has 3 aromatic heterocycles. The smallest absolute Gasteiger partial charge is 0.273 e. The molecule has 39 heavy (non-hydrogen) atoms. The number of benzene rings is 1. The van der Waals surface area contributed by atoms with Gasteiger partial charge in [0.05, 0.1) is 6.73 Å². The number of halogens is 1. The summed E-state index contributed by atoms with van der Waals surface area (Å²) >= 11 is 6.20. The lowest BCUT2D eigenvalue weighted by Crippen LogP contribution is -2.33. The lowest BCUT2D eigenvalue weighted by molar-refractivity contribution is 0.0161. The number of carbonyl (C=O) groups excluding carboxylic acids is 1. The van der Waals surface area contributed by atoms with E-state index in [2.05, 4.69) is 35.9 Å². The highest BCUT2D eigenvalue weighted by atomic mass is 35.5. The van der Waals surface area contributed by atoms with Crippen molar-refractivity contribution in [3.63, 3.8) is 0 Å². The lowest BCUT2D eigenvalue weighted by atomic mass is 10.1. The molecule has 1 amide bonds. The first-order chi connectivity index (χ1) is 19.0. The molecule has 1 aromatic carbocycles. The molecule has 0 spiro atoms. The summed E-state index contributed by atoms with van der Waals surface area (Å²) < 4.78 is 13.1. The molecule has 11 nitrogen and oxygen atoms in total. The number of nitrogens with one attached hydrogen (secondary N) is 4. The summed E-state index contributed by atoms with van der Waals surface area (Å²) in [5.74, 6) is 0.779. The second kappa shape index (κ2) is 12.9. The van der Waals surface area contributed by atoms with Crippen LogP contribution in [0.1, 0.15) is 46.4 Å². The largest absolute Gasteiger partial charge is 0.381 e. The van der Waals surface area contributed by atoms with Crippen LogP contribution in [0.2, 0.25) is 5.02 Å². The molecule has 1 unspecified atom stereocenters. The minimum atomic E-state index is -0.742. The van der Waals surface area contributed by atoms with E-state index in [0.29, 0.717) is 28.9 Å². The Kier molecular flexibility index (Phi) is 8.84. The first kappa shape index (κ1) is 26.8. The highest BCUT2D eigenvalue weighted by molar-refractivity contribution is 6.30. The van der Waals surface area contributed by atoms with Gasteiger partial charge in [0.1, 0.15) is 17.8 Å². The Morgan fingerprint density at radius 3 is 2.92 bits per heavy atom. The van der Waals surface area contributed by atoms with Crippen LogP contribution in [0.5, 0.6) is 0 Å². The van der Waals surface area contributed by atoms with Crippen LogP contribution in [-0.2, 0) is 16.0 Å². The fourth-order valence-electron chi connectivity index (χ4n) is 4.23. The Hall–Kier alpha value is -3.77. The first-order valence-electron chi connectivity index (χ1n) is 12.8. The second-order valence-electron chi connectivity index (χ2n) is 9.24. The Bertz CT molecular complexity index is 1370. The maximum absolute atomic E-state index is 13.2. The Morgan fingerprint density at radius 2 is 2.13 bits per heavy atom. The quantitative estimate of drug-likeness (QED) is 0.164. The topological polar surface area (TPSA) is 131 Å². The van der Waals surface area contributed by atoms with Crippen LogP contribution in [-0.4, -0.2) is 56.4 Å². The number of ether oxygens (including phenoxy) is 2. The highest BCUT2D eigenvalue weighted by Crippen LogP contribution is 2.20. The Morgan fingerprint density at radius 1 is 1.26 bits per heavy atom. The fourth-order valence-corrected chi connectivity index (χ4v) is 4.43. The van der Waals surface area contributed by atoms with Gasteiger partial charge in [-0.3, -0.25) is 14.7 Å². The van der Waals surface area contributed by atoms with Crippen molar-refractivity contribution in [2.24, 2.45) is 0 Å². The minimum absolute atomic E-state index is 0.202. The van der Waals surface area contributed by atoms with Gasteiger partial charge in [-0.2, -0.15) is 4.98 Å². The van der Waals surface area contributed by atoms with E-state index in [1.54, 1.807) is 35.4 Å². The highest BCUT2D eigenvalue weighted by Gasteiger charge is 2.20. The Balaban J connectivity index is 1.26. The molecule has 1 saturated heterocycles. The van der Waals surface area contributed by atoms with E-state index in [0.717, 1.165) is 37.3 Å². The number of rotatable bonds is 11. The number of aryl methyl sites for hydroxylation is 1. The van der Waals surface area contributed by atoms with Crippen LogP contribution in [0.15, 0.2) is 61.3 Å². The summed E-state index contributed by atoms with van der Waals surface area (Å²) in [6.07, 6.45) is 7.88. The number of imidazole rings is 1. The number of aromatic nitrogens is 5. The van der Waals surface area contributed by atoms with Crippen molar-refractivity contribution in [3.8, 4) is 5.82 Å². The molecule has 4 N–H and O–H groups in total. The van der Waals surface area contributed by atoms with E-state index in [4.69, 9.17) is 21.1 Å². The van der Waals surface area contributed by atoms with E-state index in [1.165, 1.54) is 0 Å². The average Bonchev–Trinajstić information content (AvgIpc) is 3.65. The van der Waals surface area contributed by atoms with E-state index in [-0.39, 0.29) is 18.5 Å². The van der Waals surface area contributed by atoms with Crippen molar-refractivity contribution in [3.05, 3.63) is 88.9 Å². The normalized spacial score (nSPS) is 14.7. The Labute approximate surface area is 231 Å². The van der Waals surface area contributed by atoms with Gasteiger partial charge in [-0.1, -0.05) is 23.7 Å². The summed E-state index contributed by atoms with van der Waals surface area (Å²) in [4.78, 5) is 29.8. The van der Waals surface area contributed by atoms with E-state index >= 15 is 0 Å². The molecule has 4 heterocycles. The van der Waals surface area contributed by atoms with Crippen molar-refractivity contribution in [1.82, 2.24) is 35.1 Å². The van der Waals surface area contributed by atoms with Crippen molar-refractivity contribution in [1.29, 1.82) is 0 Å². The number of hydrogen-bond donors (Lipinski definition) is 4. The lowest BCUT2D eigenvalue weighted by Gasteiger charge is -2.23. The summed E-state index contributed by atoms with van der Waals surface area (Å²) in [7, 11) is 0. The molecular formula is C27H31ClN8O3. The van der Waals surface area contributed by atoms with E-state index in [9.17, 15) is 4.79 Å². The summed E-state index contributed by atoms with van der Waals surface area (Å²) in [5.41, 5.74) is 2.82. The van der Waals surface area contributed by atoms with Crippen LogP contribution in [0, 0.1) is 6.92 Å². The molecular weight excluding hydrogens is 520 g/mol. The monoisotopic (exact) mass is 550 g/mol. The molecule has 1 aliphatic rings. The van der Waals surface area contributed by atoms with Gasteiger partial charge in [-0.15, -0.1) is 0 Å². The number of anilines is 1. The maximum atomic E-state index is 13.2. The van der Waals surface area contributed by atoms with Crippen molar-refractivity contribution in [2.45, 2.75) is 38.6 Å². The number of carbonyl (C=O) groups is 1. The standard InChI is InChI=1S/C27H31ClN8O3/c1-18-13-31-27(33-21-7-10-38-11-8-21)34-24(18)36-15-23(32-16-36)25(37)35-26(19-4-2-5-20(28)12-19)39-17-29-14-22-6-3-9-30-22/h2-6,9,12-13,15-16,21,26,29-30H,7-8,10-11,14,17H2,1H3,(H,35,37)(H,31,33,34). The van der Waals surface area contributed by atoms with Gasteiger partial charge in [0.2, 0.25) is 5.95 Å². The predicted octanol–water partition coefficient (Wildman–Crippen LogP) is 3.74. The fraction of sp³-hybridized carbons (Fsp3) is 0.333. The second-order valence-corrected chi connectivity index (χ2v) is 9.68. The zero-order valence-electron chi connectivity index (χ0n) is 21.6. The van der Waals surface area contributed by atoms with Crippen LogP contribution in [0.3, 0.4) is 0 Å².